The maximum atomic E-state index is 11.9. The summed E-state index contributed by atoms with van der Waals surface area (Å²) < 4.78 is 26.2. The van der Waals surface area contributed by atoms with Crippen LogP contribution in [0.25, 0.3) is 0 Å². The van der Waals surface area contributed by atoms with E-state index in [0.717, 1.165) is 28.0 Å². The fourth-order valence-corrected chi connectivity index (χ4v) is 3.70. The third-order valence-corrected chi connectivity index (χ3v) is 5.85. The van der Waals surface area contributed by atoms with Crippen molar-refractivity contribution in [2.75, 3.05) is 34.4 Å². The van der Waals surface area contributed by atoms with Crippen molar-refractivity contribution in [1.82, 2.24) is 4.98 Å². The number of rotatable bonds is 9. The number of hydrogen-bond donors (Lipinski definition) is 3. The zero-order valence-corrected chi connectivity index (χ0v) is 19.5. The summed E-state index contributed by atoms with van der Waals surface area (Å²) in [6.45, 7) is 5.37. The van der Waals surface area contributed by atoms with Gasteiger partial charge < -0.3 is 15.5 Å². The molecule has 8 nitrogen and oxygen atoms in total. The van der Waals surface area contributed by atoms with Gasteiger partial charge in [0.15, 0.2) is 0 Å². The van der Waals surface area contributed by atoms with Crippen molar-refractivity contribution < 1.29 is 8.42 Å². The lowest BCUT2D eigenvalue weighted by atomic mass is 10.1. The summed E-state index contributed by atoms with van der Waals surface area (Å²) in [5.74, 6) is 0.701. The number of sulfonamides is 1. The maximum absolute atomic E-state index is 11.9. The van der Waals surface area contributed by atoms with Crippen LogP contribution in [0.4, 0.5) is 28.6 Å². The Hall–Kier alpha value is -4.03. The monoisotopic (exact) mass is 462 g/mol. The van der Waals surface area contributed by atoms with Gasteiger partial charge in [-0.25, -0.2) is 13.4 Å². The van der Waals surface area contributed by atoms with Gasteiger partial charge >= 0.3 is 0 Å². The number of nitriles is 1. The molecule has 170 valence electrons. The molecule has 3 aromatic rings. The highest BCUT2D eigenvalue weighted by Gasteiger charge is 2.12. The minimum absolute atomic E-state index is 0.0250. The van der Waals surface area contributed by atoms with E-state index in [0.29, 0.717) is 17.1 Å². The highest BCUT2D eigenvalue weighted by molar-refractivity contribution is 7.95. The fourth-order valence-electron chi connectivity index (χ4n) is 3.13. The van der Waals surface area contributed by atoms with Gasteiger partial charge in [0, 0.05) is 43.1 Å². The molecule has 0 unspecified atom stereocenters. The first-order valence-corrected chi connectivity index (χ1v) is 11.7. The fraction of sp³-hybridized carbons (Fsp3) is 0.167. The van der Waals surface area contributed by atoms with Gasteiger partial charge in [-0.3, -0.25) is 4.72 Å². The summed E-state index contributed by atoms with van der Waals surface area (Å²) in [7, 11) is 0.0906. The van der Waals surface area contributed by atoms with E-state index in [1.165, 1.54) is 6.20 Å². The number of nitrogens with zero attached hydrogens (tertiary/aromatic N) is 3. The van der Waals surface area contributed by atoms with Crippen LogP contribution in [-0.2, 0) is 10.0 Å². The lowest BCUT2D eigenvalue weighted by Crippen LogP contribution is -2.15. The Labute approximate surface area is 194 Å². The first-order valence-electron chi connectivity index (χ1n) is 10.2. The molecule has 3 N–H and O–H groups in total. The summed E-state index contributed by atoms with van der Waals surface area (Å²) in [6, 6.07) is 19.0. The molecule has 0 spiro atoms. The van der Waals surface area contributed by atoms with Gasteiger partial charge in [0.1, 0.15) is 11.9 Å². The molecule has 0 aliphatic rings. The van der Waals surface area contributed by atoms with E-state index in [9.17, 15) is 8.42 Å². The maximum Gasteiger partial charge on any atom is 0.254 e. The number of benzene rings is 2. The van der Waals surface area contributed by atoms with Gasteiger partial charge in [-0.15, -0.1) is 0 Å². The van der Waals surface area contributed by atoms with Gasteiger partial charge in [-0.1, -0.05) is 18.7 Å². The van der Waals surface area contributed by atoms with Crippen LogP contribution in [-0.4, -0.2) is 27.5 Å². The van der Waals surface area contributed by atoms with Crippen molar-refractivity contribution in [3.05, 3.63) is 83.9 Å². The standard InChI is InChI=1S/C24H26N6O2S/c1-5-33(31,32)29-22-12-11-21(14-23(22)30(3)4)28-20-9-7-19(8-10-20)17(2)27-24-13-6-18(15-25)16-26-24/h5-14,16-17,28-29H,1H2,2-4H3,(H,26,27)/t17-/m0/s1. The van der Waals surface area contributed by atoms with E-state index in [1.807, 2.05) is 62.3 Å². The molecule has 0 amide bonds. The van der Waals surface area contributed by atoms with Crippen LogP contribution >= 0.6 is 0 Å². The Morgan fingerprint density at radius 1 is 1.09 bits per heavy atom. The van der Waals surface area contributed by atoms with E-state index < -0.39 is 10.0 Å². The summed E-state index contributed by atoms with van der Waals surface area (Å²) in [6.07, 6.45) is 1.54. The topological polar surface area (TPSA) is 110 Å². The van der Waals surface area contributed by atoms with Crippen LogP contribution in [0.5, 0.6) is 0 Å². The molecule has 1 aromatic heterocycles. The van der Waals surface area contributed by atoms with Crippen molar-refractivity contribution in [3.8, 4) is 6.07 Å². The van der Waals surface area contributed by atoms with Gasteiger partial charge in [0.2, 0.25) is 0 Å². The van der Waals surface area contributed by atoms with E-state index in [1.54, 1.807) is 18.2 Å². The van der Waals surface area contributed by atoms with E-state index in [4.69, 9.17) is 5.26 Å². The Balaban J connectivity index is 1.71. The number of nitrogens with one attached hydrogen (secondary N) is 3. The normalized spacial score (nSPS) is 11.7. The average molecular weight is 463 g/mol. The highest BCUT2D eigenvalue weighted by Crippen LogP contribution is 2.31. The molecule has 33 heavy (non-hydrogen) atoms. The molecule has 0 radical (unpaired) electrons. The molecule has 0 fully saturated rings. The minimum atomic E-state index is -3.60. The van der Waals surface area contributed by atoms with Crippen LogP contribution in [0, 0.1) is 11.3 Å². The van der Waals surface area contributed by atoms with E-state index >= 15 is 0 Å². The number of hydrogen-bond acceptors (Lipinski definition) is 7. The van der Waals surface area contributed by atoms with Gasteiger partial charge in [0.25, 0.3) is 10.0 Å². The molecule has 0 saturated heterocycles. The lowest BCUT2D eigenvalue weighted by Gasteiger charge is -2.20. The van der Waals surface area contributed by atoms with Gasteiger partial charge in [-0.05, 0) is 55.0 Å². The minimum Gasteiger partial charge on any atom is -0.376 e. The summed E-state index contributed by atoms with van der Waals surface area (Å²) in [5, 5.41) is 16.4. The molecule has 0 aliphatic heterocycles. The highest BCUT2D eigenvalue weighted by atomic mass is 32.2. The molecular weight excluding hydrogens is 436 g/mol. The molecular formula is C24H26N6O2S. The third kappa shape index (κ3) is 6.24. The quantitative estimate of drug-likeness (QED) is 0.418. The molecule has 1 heterocycles. The Morgan fingerprint density at radius 2 is 1.79 bits per heavy atom. The van der Waals surface area contributed by atoms with Crippen molar-refractivity contribution in [1.29, 1.82) is 5.26 Å². The number of anilines is 5. The zero-order valence-electron chi connectivity index (χ0n) is 18.7. The Kier molecular flexibility index (Phi) is 7.20. The van der Waals surface area contributed by atoms with Crippen LogP contribution in [0.3, 0.4) is 0 Å². The van der Waals surface area contributed by atoms with E-state index in [-0.39, 0.29) is 6.04 Å². The van der Waals surface area contributed by atoms with Gasteiger partial charge in [-0.2, -0.15) is 5.26 Å². The largest absolute Gasteiger partial charge is 0.376 e. The average Bonchev–Trinajstić information content (AvgIpc) is 2.80. The molecule has 0 saturated carbocycles. The molecule has 2 aromatic carbocycles. The van der Waals surface area contributed by atoms with Crippen molar-refractivity contribution in [3.63, 3.8) is 0 Å². The second-order valence-corrected chi connectivity index (χ2v) is 9.22. The third-order valence-electron chi connectivity index (χ3n) is 4.91. The van der Waals surface area contributed by atoms with E-state index in [2.05, 4.69) is 33.0 Å². The summed E-state index contributed by atoms with van der Waals surface area (Å²) >= 11 is 0. The SMILES string of the molecule is C=CS(=O)(=O)Nc1ccc(Nc2ccc([C@H](C)Nc3ccc(C#N)cn3)cc2)cc1N(C)C. The number of pyridine rings is 1. The van der Waals surface area contributed by atoms with Crippen molar-refractivity contribution in [2.45, 2.75) is 13.0 Å². The first kappa shape index (κ1) is 23.6. The van der Waals surface area contributed by atoms with Crippen LogP contribution in [0.15, 0.2) is 72.8 Å². The first-order chi connectivity index (χ1) is 15.7. The molecule has 9 heteroatoms. The zero-order chi connectivity index (χ0) is 24.0. The molecule has 1 atom stereocenters. The lowest BCUT2D eigenvalue weighted by molar-refractivity contribution is 0.609. The second-order valence-electron chi connectivity index (χ2n) is 7.60. The van der Waals surface area contributed by atoms with Crippen molar-refractivity contribution in [2.24, 2.45) is 0 Å². The van der Waals surface area contributed by atoms with Crippen LogP contribution < -0.4 is 20.3 Å². The summed E-state index contributed by atoms with van der Waals surface area (Å²) in [4.78, 5) is 6.08. The van der Waals surface area contributed by atoms with Crippen molar-refractivity contribution >= 4 is 38.6 Å². The van der Waals surface area contributed by atoms with Crippen LogP contribution in [0.2, 0.25) is 0 Å². The molecule has 0 aliphatic carbocycles. The number of aromatic nitrogens is 1. The Morgan fingerprint density at radius 3 is 2.36 bits per heavy atom. The predicted molar refractivity (Wildman–Crippen MR) is 134 cm³/mol. The second kappa shape index (κ2) is 10.1. The molecule has 0 bridgehead atoms. The Bertz CT molecular complexity index is 1260. The predicted octanol–water partition coefficient (Wildman–Crippen LogP) is 4.82. The summed E-state index contributed by atoms with van der Waals surface area (Å²) in [5.41, 5.74) is 4.50. The molecule has 3 rings (SSSR count). The smallest absolute Gasteiger partial charge is 0.254 e. The van der Waals surface area contributed by atoms with Gasteiger partial charge in [0.05, 0.1) is 16.9 Å². The van der Waals surface area contributed by atoms with Crippen LogP contribution in [0.1, 0.15) is 24.1 Å².